The molecule has 0 aliphatic rings. The number of nitrogens with one attached hydrogen (secondary N) is 1. The van der Waals surface area contributed by atoms with E-state index in [0.717, 1.165) is 22.4 Å². The number of nitrogens with zero attached hydrogens (tertiary/aromatic N) is 3. The topological polar surface area (TPSA) is 86.1 Å². The van der Waals surface area contributed by atoms with Crippen molar-refractivity contribution in [2.24, 2.45) is 0 Å². The lowest BCUT2D eigenvalue weighted by atomic mass is 10.1. The first-order chi connectivity index (χ1) is 13.2. The van der Waals surface area contributed by atoms with Crippen LogP contribution in [0.15, 0.2) is 53.1 Å². The zero-order valence-electron chi connectivity index (χ0n) is 15.2. The molecule has 4 aromatic rings. The van der Waals surface area contributed by atoms with E-state index < -0.39 is 0 Å². The summed E-state index contributed by atoms with van der Waals surface area (Å²) in [5.41, 5.74) is 4.41. The molecule has 0 aliphatic carbocycles. The molecule has 1 N–H and O–H groups in total. The van der Waals surface area contributed by atoms with Crippen LogP contribution >= 0.6 is 0 Å². The molecule has 4 rings (SSSR count). The van der Waals surface area contributed by atoms with Gasteiger partial charge < -0.3 is 14.0 Å². The highest BCUT2D eigenvalue weighted by Crippen LogP contribution is 2.30. The summed E-state index contributed by atoms with van der Waals surface area (Å²) in [6.45, 7) is 2.05. The van der Waals surface area contributed by atoms with Crippen molar-refractivity contribution in [2.75, 3.05) is 14.2 Å². The molecule has 0 spiro atoms. The number of rotatable bonds is 5. The quantitative estimate of drug-likeness (QED) is 0.575. The van der Waals surface area contributed by atoms with E-state index in [1.165, 1.54) is 0 Å². The van der Waals surface area contributed by atoms with E-state index in [4.69, 9.17) is 14.0 Å². The van der Waals surface area contributed by atoms with E-state index in [-0.39, 0.29) is 0 Å². The van der Waals surface area contributed by atoms with Gasteiger partial charge in [-0.1, -0.05) is 29.4 Å². The van der Waals surface area contributed by atoms with E-state index in [0.29, 0.717) is 28.9 Å². The van der Waals surface area contributed by atoms with Crippen molar-refractivity contribution >= 4 is 0 Å². The van der Waals surface area contributed by atoms with Gasteiger partial charge in [-0.15, -0.1) is 0 Å². The van der Waals surface area contributed by atoms with Gasteiger partial charge in [-0.2, -0.15) is 10.1 Å². The molecule has 0 fully saturated rings. The van der Waals surface area contributed by atoms with E-state index >= 15 is 0 Å². The lowest BCUT2D eigenvalue weighted by Gasteiger charge is -2.05. The number of hydrogen-bond donors (Lipinski definition) is 1. The minimum Gasteiger partial charge on any atom is -0.497 e. The molecule has 2 aromatic heterocycles. The molecular weight excluding hydrogens is 344 g/mol. The largest absolute Gasteiger partial charge is 0.497 e. The fourth-order valence-corrected chi connectivity index (χ4v) is 2.82. The Morgan fingerprint density at radius 1 is 0.963 bits per heavy atom. The first kappa shape index (κ1) is 16.8. The Balaban J connectivity index is 1.67. The molecular formula is C20H18N4O3. The second-order valence-electron chi connectivity index (χ2n) is 6.01. The molecule has 7 heteroatoms. The van der Waals surface area contributed by atoms with Crippen LogP contribution in [0.5, 0.6) is 11.5 Å². The Kier molecular flexibility index (Phi) is 4.33. The minimum atomic E-state index is 0.360. The smallest absolute Gasteiger partial charge is 0.276 e. The van der Waals surface area contributed by atoms with Gasteiger partial charge in [0.05, 0.1) is 19.9 Å². The van der Waals surface area contributed by atoms with Crippen LogP contribution in [0.1, 0.15) is 5.56 Å². The molecule has 7 nitrogen and oxygen atoms in total. The lowest BCUT2D eigenvalue weighted by molar-refractivity contribution is 0.394. The second kappa shape index (κ2) is 6.95. The van der Waals surface area contributed by atoms with Crippen LogP contribution in [0.4, 0.5) is 0 Å². The summed E-state index contributed by atoms with van der Waals surface area (Å²) >= 11 is 0. The van der Waals surface area contributed by atoms with Crippen LogP contribution in [-0.4, -0.2) is 34.6 Å². The van der Waals surface area contributed by atoms with Crippen LogP contribution in [0.25, 0.3) is 34.2 Å². The Morgan fingerprint density at radius 2 is 1.70 bits per heavy atom. The van der Waals surface area contributed by atoms with Gasteiger partial charge in [0.25, 0.3) is 5.89 Å². The molecule has 2 heterocycles. The van der Waals surface area contributed by atoms with E-state index in [1.54, 1.807) is 20.3 Å². The van der Waals surface area contributed by atoms with Gasteiger partial charge in [0.1, 0.15) is 17.2 Å². The Labute approximate surface area is 156 Å². The fraction of sp³-hybridized carbons (Fsp3) is 0.150. The molecule has 0 saturated heterocycles. The van der Waals surface area contributed by atoms with E-state index in [1.807, 2.05) is 49.4 Å². The SMILES string of the molecule is COc1cc(OC)cc(-c2noc(-c3cc(-c4ccccc4C)n[nH]3)n2)c1. The zero-order valence-corrected chi connectivity index (χ0v) is 15.2. The second-order valence-corrected chi connectivity index (χ2v) is 6.01. The minimum absolute atomic E-state index is 0.360. The molecule has 0 unspecified atom stereocenters. The van der Waals surface area contributed by atoms with Gasteiger partial charge in [-0.05, 0) is 30.7 Å². The molecule has 0 amide bonds. The van der Waals surface area contributed by atoms with Crippen molar-refractivity contribution in [3.05, 3.63) is 54.1 Å². The molecule has 2 aromatic carbocycles. The lowest BCUT2D eigenvalue weighted by Crippen LogP contribution is -1.89. The van der Waals surface area contributed by atoms with Crippen LogP contribution in [0, 0.1) is 6.92 Å². The predicted molar refractivity (Wildman–Crippen MR) is 101 cm³/mol. The van der Waals surface area contributed by atoms with Gasteiger partial charge in [0.2, 0.25) is 5.82 Å². The standard InChI is InChI=1S/C20H18N4O3/c1-12-6-4-5-7-16(12)17-11-18(23-22-17)20-21-19(24-27-20)13-8-14(25-2)10-15(9-13)26-3/h4-11H,1-3H3,(H,22,23). The summed E-state index contributed by atoms with van der Waals surface area (Å²) in [4.78, 5) is 4.47. The molecule has 0 atom stereocenters. The Hall–Kier alpha value is -3.61. The number of methoxy groups -OCH3 is 2. The Bertz CT molecular complexity index is 1060. The summed E-state index contributed by atoms with van der Waals surface area (Å²) < 4.78 is 16.0. The first-order valence-corrected chi connectivity index (χ1v) is 8.37. The molecule has 136 valence electrons. The van der Waals surface area contributed by atoms with Crippen LogP contribution in [0.2, 0.25) is 0 Å². The van der Waals surface area contributed by atoms with Gasteiger partial charge in [0.15, 0.2) is 0 Å². The maximum Gasteiger partial charge on any atom is 0.276 e. The zero-order chi connectivity index (χ0) is 18.8. The normalized spacial score (nSPS) is 10.8. The van der Waals surface area contributed by atoms with Gasteiger partial charge >= 0.3 is 0 Å². The van der Waals surface area contributed by atoms with Crippen LogP contribution in [0.3, 0.4) is 0 Å². The highest BCUT2D eigenvalue weighted by atomic mass is 16.5. The predicted octanol–water partition coefficient (Wildman–Crippen LogP) is 4.12. The number of benzene rings is 2. The molecule has 0 saturated carbocycles. The average molecular weight is 362 g/mol. The van der Waals surface area contributed by atoms with E-state index in [2.05, 4.69) is 20.3 Å². The number of aryl methyl sites for hydroxylation is 1. The van der Waals surface area contributed by atoms with Crippen LogP contribution in [-0.2, 0) is 0 Å². The third-order valence-corrected chi connectivity index (χ3v) is 4.26. The fourth-order valence-electron chi connectivity index (χ4n) is 2.82. The summed E-state index contributed by atoms with van der Waals surface area (Å²) in [6.07, 6.45) is 0. The Morgan fingerprint density at radius 3 is 2.41 bits per heavy atom. The molecule has 27 heavy (non-hydrogen) atoms. The first-order valence-electron chi connectivity index (χ1n) is 8.37. The summed E-state index contributed by atoms with van der Waals surface area (Å²) in [6, 6.07) is 15.4. The van der Waals surface area contributed by atoms with Crippen LogP contribution < -0.4 is 9.47 Å². The number of hydrogen-bond acceptors (Lipinski definition) is 6. The summed E-state index contributed by atoms with van der Waals surface area (Å²) in [7, 11) is 3.19. The van der Waals surface area contributed by atoms with Crippen molar-refractivity contribution in [1.29, 1.82) is 0 Å². The maximum absolute atomic E-state index is 5.42. The number of ether oxygens (including phenoxy) is 2. The van der Waals surface area contributed by atoms with E-state index in [9.17, 15) is 0 Å². The van der Waals surface area contributed by atoms with Gasteiger partial charge in [-0.3, -0.25) is 5.10 Å². The highest BCUT2D eigenvalue weighted by Gasteiger charge is 2.16. The number of aromatic amines is 1. The van der Waals surface area contributed by atoms with Crippen molar-refractivity contribution in [1.82, 2.24) is 20.3 Å². The number of H-pyrrole nitrogens is 1. The molecule has 0 aliphatic heterocycles. The monoisotopic (exact) mass is 362 g/mol. The van der Waals surface area contributed by atoms with Crippen molar-refractivity contribution in [3.8, 4) is 45.7 Å². The average Bonchev–Trinajstić information content (AvgIpc) is 3.37. The number of aromatic nitrogens is 4. The molecule has 0 radical (unpaired) electrons. The molecule has 0 bridgehead atoms. The third-order valence-electron chi connectivity index (χ3n) is 4.26. The van der Waals surface area contributed by atoms with Gasteiger partial charge in [-0.25, -0.2) is 0 Å². The third kappa shape index (κ3) is 3.27. The van der Waals surface area contributed by atoms with Gasteiger partial charge in [0, 0.05) is 17.2 Å². The van der Waals surface area contributed by atoms with Crippen molar-refractivity contribution in [3.63, 3.8) is 0 Å². The van der Waals surface area contributed by atoms with Crippen molar-refractivity contribution in [2.45, 2.75) is 6.92 Å². The highest BCUT2D eigenvalue weighted by molar-refractivity contribution is 5.68. The summed E-state index contributed by atoms with van der Waals surface area (Å²) in [5, 5.41) is 11.4. The summed E-state index contributed by atoms with van der Waals surface area (Å²) in [5.74, 6) is 2.10. The van der Waals surface area contributed by atoms with Crippen molar-refractivity contribution < 1.29 is 14.0 Å². The maximum atomic E-state index is 5.42.